The number of carbonyl (C=O) groups excluding carboxylic acids is 4. The highest BCUT2D eigenvalue weighted by molar-refractivity contribution is 5.94. The minimum absolute atomic E-state index is 0.154. The van der Waals surface area contributed by atoms with Gasteiger partial charge in [0.1, 0.15) is 17.7 Å². The maximum Gasteiger partial charge on any atom is 0.408 e. The van der Waals surface area contributed by atoms with Gasteiger partial charge in [0.25, 0.3) is 0 Å². The molecule has 0 bridgehead atoms. The molecule has 39 heavy (non-hydrogen) atoms. The van der Waals surface area contributed by atoms with Gasteiger partial charge < -0.3 is 26.0 Å². The number of alkyl carbamates (subject to hydrolysis) is 1. The number of hydrogen-bond acceptors (Lipinski definition) is 5. The first kappa shape index (κ1) is 33.9. The fourth-order valence-corrected chi connectivity index (χ4v) is 4.48. The summed E-state index contributed by atoms with van der Waals surface area (Å²) in [6.45, 7) is 15.1. The molecule has 2 atom stereocenters. The minimum Gasteiger partial charge on any atom is -0.444 e. The summed E-state index contributed by atoms with van der Waals surface area (Å²) in [6.07, 6.45) is 4.68. The first-order chi connectivity index (χ1) is 18.1. The van der Waals surface area contributed by atoms with E-state index in [1.807, 2.05) is 45.9 Å². The zero-order chi connectivity index (χ0) is 29.8. The number of nitrogens with one attached hydrogen (secondary N) is 2. The quantitative estimate of drug-likeness (QED) is 0.271. The monoisotopic (exact) mass is 546 g/mol. The van der Waals surface area contributed by atoms with E-state index in [1.54, 1.807) is 20.8 Å². The molecule has 0 aliphatic rings. The van der Waals surface area contributed by atoms with Crippen LogP contribution in [-0.4, -0.2) is 52.9 Å². The van der Waals surface area contributed by atoms with E-state index in [2.05, 4.69) is 17.6 Å². The molecule has 0 saturated carbocycles. The van der Waals surface area contributed by atoms with Gasteiger partial charge in [-0.2, -0.15) is 0 Å². The van der Waals surface area contributed by atoms with Crippen molar-refractivity contribution in [3.63, 3.8) is 0 Å². The van der Waals surface area contributed by atoms with Gasteiger partial charge in [0.2, 0.25) is 17.7 Å². The van der Waals surface area contributed by atoms with Crippen molar-refractivity contribution in [2.24, 2.45) is 5.73 Å². The van der Waals surface area contributed by atoms with E-state index in [0.29, 0.717) is 12.0 Å². The molecule has 0 aromatic heterocycles. The molecule has 2 unspecified atom stereocenters. The van der Waals surface area contributed by atoms with Crippen molar-refractivity contribution >= 4 is 23.8 Å². The Labute approximate surface area is 234 Å². The van der Waals surface area contributed by atoms with Crippen LogP contribution < -0.4 is 16.4 Å². The maximum absolute atomic E-state index is 14.1. The van der Waals surface area contributed by atoms with Gasteiger partial charge in [0.15, 0.2) is 0 Å². The van der Waals surface area contributed by atoms with Crippen molar-refractivity contribution in [1.29, 1.82) is 0 Å². The van der Waals surface area contributed by atoms with Gasteiger partial charge in [-0.1, -0.05) is 68.4 Å². The van der Waals surface area contributed by atoms with Crippen molar-refractivity contribution in [3.8, 4) is 0 Å². The van der Waals surface area contributed by atoms with E-state index in [9.17, 15) is 19.2 Å². The van der Waals surface area contributed by atoms with Crippen LogP contribution in [0.1, 0.15) is 109 Å². The number of primary amides is 1. The number of aryl methyl sites for hydroxylation is 2. The van der Waals surface area contributed by atoms with Gasteiger partial charge >= 0.3 is 6.09 Å². The van der Waals surface area contributed by atoms with Crippen LogP contribution in [0.2, 0.25) is 0 Å². The lowest BCUT2D eigenvalue weighted by Crippen LogP contribution is -2.54. The zero-order valence-electron chi connectivity index (χ0n) is 25.2. The molecule has 0 fully saturated rings. The van der Waals surface area contributed by atoms with E-state index in [1.165, 1.54) is 4.90 Å². The third-order valence-corrected chi connectivity index (χ3v) is 5.98. The number of amides is 4. The number of rotatable bonds is 15. The van der Waals surface area contributed by atoms with Crippen LogP contribution in [0, 0.1) is 13.8 Å². The summed E-state index contributed by atoms with van der Waals surface area (Å²) in [6, 6.07) is 3.40. The van der Waals surface area contributed by atoms with Gasteiger partial charge in [-0.15, -0.1) is 0 Å². The Kier molecular flexibility index (Phi) is 14.0. The lowest BCUT2D eigenvalue weighted by atomic mass is 9.97. The number of ether oxygens (including phenoxy) is 1. The predicted octanol–water partition coefficient (Wildman–Crippen LogP) is 4.83. The Morgan fingerprint density at radius 2 is 1.49 bits per heavy atom. The number of hydrogen-bond donors (Lipinski definition) is 3. The second-order valence-electron chi connectivity index (χ2n) is 11.7. The first-order valence-corrected chi connectivity index (χ1v) is 14.1. The minimum atomic E-state index is -1.28. The molecule has 0 saturated heterocycles. The maximum atomic E-state index is 14.1. The smallest absolute Gasteiger partial charge is 0.408 e. The summed E-state index contributed by atoms with van der Waals surface area (Å²) in [4.78, 5) is 53.8. The van der Waals surface area contributed by atoms with Gasteiger partial charge in [0, 0.05) is 12.6 Å². The molecule has 9 heteroatoms. The largest absolute Gasteiger partial charge is 0.444 e. The summed E-state index contributed by atoms with van der Waals surface area (Å²) in [5.41, 5.74) is 7.25. The number of nitrogens with two attached hydrogens (primary N) is 1. The SMILES string of the molecule is CCCCCCCCN(C(=O)C(CC(N)=O)NC(=O)OC(C)(C)C)C(C(=O)NC(C)C)c1cc(C)cc(C)c1. The molecule has 220 valence electrons. The lowest BCUT2D eigenvalue weighted by Gasteiger charge is -2.35. The molecule has 1 aromatic carbocycles. The number of nitrogens with zero attached hydrogens (tertiary/aromatic N) is 1. The normalized spacial score (nSPS) is 12.9. The number of unbranched alkanes of at least 4 members (excludes halogenated alkanes) is 5. The zero-order valence-corrected chi connectivity index (χ0v) is 25.2. The van der Waals surface area contributed by atoms with Crippen molar-refractivity contribution in [2.75, 3.05) is 6.54 Å². The fourth-order valence-electron chi connectivity index (χ4n) is 4.48. The van der Waals surface area contributed by atoms with Gasteiger partial charge in [0.05, 0.1) is 6.42 Å². The van der Waals surface area contributed by atoms with Crippen molar-refractivity contribution in [2.45, 2.75) is 124 Å². The van der Waals surface area contributed by atoms with Crippen LogP contribution in [0.3, 0.4) is 0 Å². The molecule has 0 heterocycles. The molecular formula is C30H50N4O5. The van der Waals surface area contributed by atoms with E-state index in [4.69, 9.17) is 10.5 Å². The standard InChI is InChI=1S/C30H50N4O5/c1-9-10-11-12-13-14-15-34(28(37)24(19-25(31)35)33-29(38)39-30(6,7)8)26(27(36)32-20(2)3)23-17-21(4)16-22(5)18-23/h16-18,20,24,26H,9-15,19H2,1-8H3,(H2,31,35)(H,32,36)(H,33,38). The van der Waals surface area contributed by atoms with E-state index >= 15 is 0 Å². The molecular weight excluding hydrogens is 496 g/mol. The second kappa shape index (κ2) is 16.1. The fraction of sp³-hybridized carbons (Fsp3) is 0.667. The summed E-state index contributed by atoms with van der Waals surface area (Å²) < 4.78 is 5.34. The van der Waals surface area contributed by atoms with Crippen LogP contribution >= 0.6 is 0 Å². The summed E-state index contributed by atoms with van der Waals surface area (Å²) in [5, 5.41) is 5.48. The molecule has 0 aliphatic heterocycles. The van der Waals surface area contributed by atoms with Crippen LogP contribution in [0.4, 0.5) is 4.79 Å². The van der Waals surface area contributed by atoms with Crippen LogP contribution in [0.5, 0.6) is 0 Å². The average molecular weight is 547 g/mol. The summed E-state index contributed by atoms with van der Waals surface area (Å²) in [7, 11) is 0. The second-order valence-corrected chi connectivity index (χ2v) is 11.7. The lowest BCUT2D eigenvalue weighted by molar-refractivity contribution is -0.143. The van der Waals surface area contributed by atoms with Gasteiger partial charge in [-0.3, -0.25) is 14.4 Å². The Morgan fingerprint density at radius 1 is 0.923 bits per heavy atom. The van der Waals surface area contributed by atoms with Gasteiger partial charge in [-0.25, -0.2) is 4.79 Å². The Morgan fingerprint density at radius 3 is 2.00 bits per heavy atom. The molecule has 1 rings (SSSR count). The molecule has 9 nitrogen and oxygen atoms in total. The first-order valence-electron chi connectivity index (χ1n) is 14.1. The third kappa shape index (κ3) is 13.0. The Bertz CT molecular complexity index is 950. The van der Waals surface area contributed by atoms with Gasteiger partial charge in [-0.05, 0) is 60.5 Å². The Balaban J connectivity index is 3.50. The number of benzene rings is 1. The van der Waals surface area contributed by atoms with Crippen molar-refractivity contribution in [1.82, 2.24) is 15.5 Å². The summed E-state index contributed by atoms with van der Waals surface area (Å²) in [5.74, 6) is -1.64. The predicted molar refractivity (Wildman–Crippen MR) is 154 cm³/mol. The molecule has 0 aliphatic carbocycles. The third-order valence-electron chi connectivity index (χ3n) is 5.98. The van der Waals surface area contributed by atoms with Crippen LogP contribution in [0.15, 0.2) is 18.2 Å². The summed E-state index contributed by atoms with van der Waals surface area (Å²) >= 11 is 0. The highest BCUT2D eigenvalue weighted by Gasteiger charge is 2.37. The number of carbonyl (C=O) groups is 4. The van der Waals surface area contributed by atoms with Crippen molar-refractivity contribution < 1.29 is 23.9 Å². The molecule has 0 spiro atoms. The van der Waals surface area contributed by atoms with E-state index in [-0.39, 0.29) is 18.5 Å². The van der Waals surface area contributed by atoms with E-state index in [0.717, 1.165) is 43.2 Å². The molecule has 4 N–H and O–H groups in total. The Hall–Kier alpha value is -3.10. The molecule has 4 amide bonds. The highest BCUT2D eigenvalue weighted by Crippen LogP contribution is 2.26. The van der Waals surface area contributed by atoms with E-state index < -0.39 is 42.0 Å². The topological polar surface area (TPSA) is 131 Å². The average Bonchev–Trinajstić information content (AvgIpc) is 2.76. The van der Waals surface area contributed by atoms with Crippen molar-refractivity contribution in [3.05, 3.63) is 34.9 Å². The molecule has 1 aromatic rings. The van der Waals surface area contributed by atoms with Crippen LogP contribution in [0.25, 0.3) is 0 Å². The van der Waals surface area contributed by atoms with Crippen LogP contribution in [-0.2, 0) is 19.1 Å². The molecule has 0 radical (unpaired) electrons. The highest BCUT2D eigenvalue weighted by atomic mass is 16.6.